The number of likely N-dealkylation sites (N-methyl/N-ethyl adjacent to an activating group) is 1. The van der Waals surface area contributed by atoms with Crippen LogP contribution in [-0.2, 0) is 11.2 Å². The molecule has 1 unspecified atom stereocenters. The quantitative estimate of drug-likeness (QED) is 0.791. The van der Waals surface area contributed by atoms with Crippen molar-refractivity contribution < 1.29 is 9.18 Å². The van der Waals surface area contributed by atoms with Gasteiger partial charge in [-0.1, -0.05) is 32.0 Å². The third-order valence-electron chi connectivity index (χ3n) is 4.71. The van der Waals surface area contributed by atoms with Gasteiger partial charge in [0.2, 0.25) is 5.91 Å². The maximum Gasteiger partial charge on any atom is 0.220 e. The second-order valence-corrected chi connectivity index (χ2v) is 6.74. The number of carbonyl (C=O) groups excluding carboxylic acids is 1. The molecule has 1 heterocycles. The van der Waals surface area contributed by atoms with Crippen LogP contribution in [0.5, 0.6) is 0 Å². The Hall–Kier alpha value is -1.46. The predicted octanol–water partition coefficient (Wildman–Crippen LogP) is 2.15. The zero-order valence-electron chi connectivity index (χ0n) is 14.9. The Kier molecular flexibility index (Phi) is 7.66. The van der Waals surface area contributed by atoms with Crippen molar-refractivity contribution in [2.24, 2.45) is 5.92 Å². The van der Waals surface area contributed by atoms with Gasteiger partial charge in [0.05, 0.1) is 0 Å². The normalized spacial score (nSPS) is 17.6. The van der Waals surface area contributed by atoms with E-state index in [1.807, 2.05) is 0 Å². The second kappa shape index (κ2) is 9.74. The molecule has 1 saturated heterocycles. The SMILES string of the molecule is CCN1CCN(CC(C)CNC(=O)CCc2ccccc2F)CC1. The molecule has 5 heteroatoms. The molecule has 4 nitrogen and oxygen atoms in total. The van der Waals surface area contributed by atoms with Gasteiger partial charge in [-0.25, -0.2) is 4.39 Å². The maximum atomic E-state index is 13.5. The van der Waals surface area contributed by atoms with E-state index >= 15 is 0 Å². The van der Waals surface area contributed by atoms with Crippen molar-refractivity contribution in [3.63, 3.8) is 0 Å². The molecule has 0 aliphatic carbocycles. The van der Waals surface area contributed by atoms with Gasteiger partial charge in [-0.15, -0.1) is 0 Å². The second-order valence-electron chi connectivity index (χ2n) is 6.74. The predicted molar refractivity (Wildman–Crippen MR) is 95.4 cm³/mol. The Morgan fingerprint density at radius 3 is 2.54 bits per heavy atom. The first-order valence-corrected chi connectivity index (χ1v) is 9.03. The molecule has 0 spiro atoms. The van der Waals surface area contributed by atoms with Crippen LogP contribution in [0.1, 0.15) is 25.8 Å². The van der Waals surface area contributed by atoms with E-state index in [4.69, 9.17) is 0 Å². The van der Waals surface area contributed by atoms with Crippen LogP contribution in [-0.4, -0.2) is 61.5 Å². The molecule has 24 heavy (non-hydrogen) atoms. The first-order chi connectivity index (χ1) is 11.6. The van der Waals surface area contributed by atoms with E-state index in [-0.39, 0.29) is 11.7 Å². The van der Waals surface area contributed by atoms with Crippen LogP contribution >= 0.6 is 0 Å². The minimum Gasteiger partial charge on any atom is -0.356 e. The number of nitrogens with zero attached hydrogens (tertiary/aromatic N) is 2. The van der Waals surface area contributed by atoms with Crippen molar-refractivity contribution in [3.8, 4) is 0 Å². The van der Waals surface area contributed by atoms with Gasteiger partial charge in [-0.3, -0.25) is 4.79 Å². The molecule has 134 valence electrons. The molecule has 0 saturated carbocycles. The number of amides is 1. The molecule has 1 aromatic rings. The van der Waals surface area contributed by atoms with E-state index in [2.05, 4.69) is 29.0 Å². The fourth-order valence-electron chi connectivity index (χ4n) is 3.12. The average Bonchev–Trinajstić information content (AvgIpc) is 2.60. The Morgan fingerprint density at radius 1 is 1.21 bits per heavy atom. The molecular formula is C19H30FN3O. The molecule has 0 radical (unpaired) electrons. The first-order valence-electron chi connectivity index (χ1n) is 9.03. The highest BCUT2D eigenvalue weighted by Crippen LogP contribution is 2.09. The minimum atomic E-state index is -0.232. The number of benzene rings is 1. The maximum absolute atomic E-state index is 13.5. The highest BCUT2D eigenvalue weighted by molar-refractivity contribution is 5.76. The zero-order valence-corrected chi connectivity index (χ0v) is 14.9. The first kappa shape index (κ1) is 18.9. The topological polar surface area (TPSA) is 35.6 Å². The van der Waals surface area contributed by atoms with Crippen LogP contribution in [0.25, 0.3) is 0 Å². The monoisotopic (exact) mass is 335 g/mol. The summed E-state index contributed by atoms with van der Waals surface area (Å²) in [6, 6.07) is 6.65. The Bertz CT molecular complexity index is 515. The summed E-state index contributed by atoms with van der Waals surface area (Å²) in [6.45, 7) is 11.7. The van der Waals surface area contributed by atoms with Crippen molar-refractivity contribution in [1.82, 2.24) is 15.1 Å². The molecule has 1 N–H and O–H groups in total. The van der Waals surface area contributed by atoms with Crippen LogP contribution in [0.4, 0.5) is 4.39 Å². The molecule has 1 aliphatic rings. The Labute approximate surface area is 145 Å². The minimum absolute atomic E-state index is 0.000838. The zero-order chi connectivity index (χ0) is 17.4. The smallest absolute Gasteiger partial charge is 0.220 e. The molecule has 2 rings (SSSR count). The molecule has 0 aromatic heterocycles. The number of hydrogen-bond donors (Lipinski definition) is 1. The Balaban J connectivity index is 1.62. The van der Waals surface area contributed by atoms with Crippen molar-refractivity contribution in [3.05, 3.63) is 35.6 Å². The lowest BCUT2D eigenvalue weighted by Gasteiger charge is -2.35. The lowest BCUT2D eigenvalue weighted by Crippen LogP contribution is -2.48. The van der Waals surface area contributed by atoms with Crippen molar-refractivity contribution in [2.75, 3.05) is 45.8 Å². The number of piperazine rings is 1. The van der Waals surface area contributed by atoms with E-state index in [9.17, 15) is 9.18 Å². The number of nitrogens with one attached hydrogen (secondary N) is 1. The van der Waals surface area contributed by atoms with Gasteiger partial charge in [0.25, 0.3) is 0 Å². The number of aryl methyl sites for hydroxylation is 1. The summed E-state index contributed by atoms with van der Waals surface area (Å²) in [4.78, 5) is 16.9. The van der Waals surface area contributed by atoms with E-state index in [1.54, 1.807) is 18.2 Å². The van der Waals surface area contributed by atoms with Crippen LogP contribution < -0.4 is 5.32 Å². The summed E-state index contributed by atoms with van der Waals surface area (Å²) in [6.07, 6.45) is 0.786. The third kappa shape index (κ3) is 6.21. The third-order valence-corrected chi connectivity index (χ3v) is 4.71. The number of hydrogen-bond acceptors (Lipinski definition) is 3. The van der Waals surface area contributed by atoms with Gasteiger partial charge in [0.15, 0.2) is 0 Å². The van der Waals surface area contributed by atoms with Crippen molar-refractivity contribution in [2.45, 2.75) is 26.7 Å². The summed E-state index contributed by atoms with van der Waals surface area (Å²) in [7, 11) is 0. The molecular weight excluding hydrogens is 305 g/mol. The van der Waals surface area contributed by atoms with Gasteiger partial charge < -0.3 is 15.1 Å². The van der Waals surface area contributed by atoms with Gasteiger partial charge >= 0.3 is 0 Å². The van der Waals surface area contributed by atoms with Gasteiger partial charge in [0, 0.05) is 45.7 Å². The van der Waals surface area contributed by atoms with Crippen LogP contribution in [0.15, 0.2) is 24.3 Å². The Morgan fingerprint density at radius 2 is 1.88 bits per heavy atom. The molecule has 0 bridgehead atoms. The number of rotatable bonds is 8. The van der Waals surface area contributed by atoms with Gasteiger partial charge in [0.1, 0.15) is 5.82 Å². The summed E-state index contributed by atoms with van der Waals surface area (Å²) in [5.41, 5.74) is 0.606. The molecule has 1 amide bonds. The highest BCUT2D eigenvalue weighted by Gasteiger charge is 2.17. The fraction of sp³-hybridized carbons (Fsp3) is 0.632. The lowest BCUT2D eigenvalue weighted by molar-refractivity contribution is -0.121. The van der Waals surface area contributed by atoms with Gasteiger partial charge in [-0.2, -0.15) is 0 Å². The van der Waals surface area contributed by atoms with Gasteiger partial charge in [-0.05, 0) is 30.5 Å². The fourth-order valence-corrected chi connectivity index (χ4v) is 3.12. The molecule has 1 fully saturated rings. The number of carbonyl (C=O) groups is 1. The van der Waals surface area contributed by atoms with Crippen LogP contribution in [0, 0.1) is 11.7 Å². The molecule has 1 aromatic carbocycles. The standard InChI is InChI=1S/C19H30FN3O/c1-3-22-10-12-23(13-11-22)15-16(2)14-21-19(24)9-8-17-6-4-5-7-18(17)20/h4-7,16H,3,8-15H2,1-2H3,(H,21,24). The van der Waals surface area contributed by atoms with E-state index in [0.717, 1.165) is 39.3 Å². The van der Waals surface area contributed by atoms with Crippen LogP contribution in [0.2, 0.25) is 0 Å². The molecule has 1 atom stereocenters. The van der Waals surface area contributed by atoms with E-state index < -0.39 is 0 Å². The van der Waals surface area contributed by atoms with Crippen LogP contribution in [0.3, 0.4) is 0 Å². The van der Waals surface area contributed by atoms with Crippen molar-refractivity contribution in [1.29, 1.82) is 0 Å². The summed E-state index contributed by atoms with van der Waals surface area (Å²) >= 11 is 0. The van der Waals surface area contributed by atoms with E-state index in [1.165, 1.54) is 6.07 Å². The average molecular weight is 335 g/mol. The largest absolute Gasteiger partial charge is 0.356 e. The highest BCUT2D eigenvalue weighted by atomic mass is 19.1. The lowest BCUT2D eigenvalue weighted by atomic mass is 10.1. The molecule has 1 aliphatic heterocycles. The van der Waals surface area contributed by atoms with Crippen molar-refractivity contribution >= 4 is 5.91 Å². The number of halogens is 1. The summed E-state index contributed by atoms with van der Waals surface area (Å²) in [5, 5.41) is 2.98. The summed E-state index contributed by atoms with van der Waals surface area (Å²) in [5.74, 6) is 0.196. The van der Waals surface area contributed by atoms with E-state index in [0.29, 0.717) is 30.9 Å². The summed E-state index contributed by atoms with van der Waals surface area (Å²) < 4.78 is 13.5.